The van der Waals surface area contributed by atoms with Gasteiger partial charge in [0.05, 0.1) is 6.10 Å². The Hall–Kier alpha value is -0.0600. The van der Waals surface area contributed by atoms with Crippen LogP contribution in [0.4, 0.5) is 0 Å². The largest absolute Gasteiger partial charge is 0.391 e. The van der Waals surface area contributed by atoms with Crippen molar-refractivity contribution < 1.29 is 9.90 Å². The van der Waals surface area contributed by atoms with Gasteiger partial charge in [0.15, 0.2) is 0 Å². The van der Waals surface area contributed by atoms with Crippen LogP contribution in [0.2, 0.25) is 0 Å². The summed E-state index contributed by atoms with van der Waals surface area (Å²) in [5.74, 6) is 0. The average molecular weight is 149 g/mol. The standard InChI is InChI=1S/C5H11NO2S/c1-3(7)4(6)5(8)9-2/h3-4,7H,6H2,1-2H3. The molecule has 2 unspecified atom stereocenters. The van der Waals surface area contributed by atoms with E-state index < -0.39 is 12.1 Å². The number of rotatable bonds is 2. The maximum absolute atomic E-state index is 10.6. The second kappa shape index (κ2) is 3.87. The fraction of sp³-hybridized carbons (Fsp3) is 0.800. The third-order valence-corrected chi connectivity index (χ3v) is 1.67. The molecule has 0 aliphatic heterocycles. The summed E-state index contributed by atoms with van der Waals surface area (Å²) in [5.41, 5.74) is 5.25. The molecule has 9 heavy (non-hydrogen) atoms. The van der Waals surface area contributed by atoms with Crippen LogP contribution in [0.25, 0.3) is 0 Å². The molecule has 0 aromatic rings. The van der Waals surface area contributed by atoms with Crippen LogP contribution in [0.3, 0.4) is 0 Å². The van der Waals surface area contributed by atoms with Crippen LogP contribution in [0.1, 0.15) is 6.92 Å². The van der Waals surface area contributed by atoms with Crippen LogP contribution in [0.15, 0.2) is 0 Å². The molecule has 0 aliphatic rings. The average Bonchev–Trinajstić information content (AvgIpc) is 1.84. The first-order valence-electron chi connectivity index (χ1n) is 2.61. The highest BCUT2D eigenvalue weighted by molar-refractivity contribution is 8.13. The van der Waals surface area contributed by atoms with Crippen LogP contribution in [-0.4, -0.2) is 28.6 Å². The van der Waals surface area contributed by atoms with Gasteiger partial charge in [-0.1, -0.05) is 11.8 Å². The molecule has 2 atom stereocenters. The first-order chi connectivity index (χ1) is 4.09. The van der Waals surface area contributed by atoms with Crippen LogP contribution < -0.4 is 5.73 Å². The molecule has 0 bridgehead atoms. The minimum absolute atomic E-state index is 0.176. The molecular formula is C5H11NO2S. The summed E-state index contributed by atoms with van der Waals surface area (Å²) in [7, 11) is 0. The molecule has 4 heteroatoms. The molecule has 0 saturated heterocycles. The van der Waals surface area contributed by atoms with E-state index in [1.54, 1.807) is 6.26 Å². The minimum atomic E-state index is -0.745. The van der Waals surface area contributed by atoms with E-state index in [0.29, 0.717) is 0 Å². The Balaban J connectivity index is 3.72. The number of aliphatic hydroxyl groups excluding tert-OH is 1. The molecular weight excluding hydrogens is 138 g/mol. The molecule has 0 fully saturated rings. The smallest absolute Gasteiger partial charge is 0.208 e. The number of aliphatic hydroxyl groups is 1. The Morgan fingerprint density at radius 2 is 2.22 bits per heavy atom. The SMILES string of the molecule is CSC(=O)C(N)C(C)O. The van der Waals surface area contributed by atoms with Crippen molar-refractivity contribution in [2.75, 3.05) is 6.26 Å². The van der Waals surface area contributed by atoms with Crippen molar-refractivity contribution in [2.45, 2.75) is 19.1 Å². The van der Waals surface area contributed by atoms with Gasteiger partial charge in [-0.05, 0) is 13.2 Å². The molecule has 0 rings (SSSR count). The lowest BCUT2D eigenvalue weighted by atomic mass is 10.2. The van der Waals surface area contributed by atoms with Gasteiger partial charge in [0.25, 0.3) is 0 Å². The number of carbonyl (C=O) groups excluding carboxylic acids is 1. The predicted molar refractivity (Wildman–Crippen MR) is 38.2 cm³/mol. The van der Waals surface area contributed by atoms with Crippen molar-refractivity contribution in [2.24, 2.45) is 5.73 Å². The molecule has 0 heterocycles. The zero-order valence-corrected chi connectivity index (χ0v) is 6.31. The number of carbonyl (C=O) groups is 1. The third-order valence-electron chi connectivity index (χ3n) is 0.993. The number of nitrogens with two attached hydrogens (primary N) is 1. The fourth-order valence-electron chi connectivity index (χ4n) is 0.333. The second-order valence-corrected chi connectivity index (χ2v) is 2.60. The molecule has 3 N–H and O–H groups in total. The maximum Gasteiger partial charge on any atom is 0.208 e. The summed E-state index contributed by atoms with van der Waals surface area (Å²) in [6.07, 6.45) is 0.898. The second-order valence-electron chi connectivity index (χ2n) is 1.79. The van der Waals surface area contributed by atoms with E-state index in [-0.39, 0.29) is 5.12 Å². The van der Waals surface area contributed by atoms with Crippen LogP contribution >= 0.6 is 11.8 Å². The van der Waals surface area contributed by atoms with Gasteiger partial charge in [-0.2, -0.15) is 0 Å². The van der Waals surface area contributed by atoms with Crippen molar-refractivity contribution in [3.8, 4) is 0 Å². The molecule has 0 spiro atoms. The zero-order chi connectivity index (χ0) is 7.44. The lowest BCUT2D eigenvalue weighted by Crippen LogP contribution is -2.38. The molecule has 0 radical (unpaired) electrons. The van der Waals surface area contributed by atoms with Crippen LogP contribution in [0, 0.1) is 0 Å². The Kier molecular flexibility index (Phi) is 3.84. The molecule has 54 valence electrons. The van der Waals surface area contributed by atoms with Crippen molar-refractivity contribution >= 4 is 16.9 Å². The number of hydrogen-bond donors (Lipinski definition) is 2. The summed E-state index contributed by atoms with van der Waals surface area (Å²) in [4.78, 5) is 10.6. The van der Waals surface area contributed by atoms with E-state index in [1.807, 2.05) is 0 Å². The van der Waals surface area contributed by atoms with Crippen LogP contribution in [0.5, 0.6) is 0 Å². The van der Waals surface area contributed by atoms with Gasteiger partial charge in [-0.15, -0.1) is 0 Å². The van der Waals surface area contributed by atoms with Crippen molar-refractivity contribution in [1.82, 2.24) is 0 Å². The van der Waals surface area contributed by atoms with Gasteiger partial charge >= 0.3 is 0 Å². The van der Waals surface area contributed by atoms with E-state index in [0.717, 1.165) is 11.8 Å². The van der Waals surface area contributed by atoms with Gasteiger partial charge in [-0.25, -0.2) is 0 Å². The van der Waals surface area contributed by atoms with Crippen LogP contribution in [-0.2, 0) is 4.79 Å². The topological polar surface area (TPSA) is 63.3 Å². The van der Waals surface area contributed by atoms with E-state index in [4.69, 9.17) is 10.8 Å². The first-order valence-corrected chi connectivity index (χ1v) is 3.83. The Bertz CT molecular complexity index is 105. The summed E-state index contributed by atoms with van der Waals surface area (Å²) < 4.78 is 0. The number of hydrogen-bond acceptors (Lipinski definition) is 4. The van der Waals surface area contributed by atoms with E-state index in [9.17, 15) is 4.79 Å². The van der Waals surface area contributed by atoms with E-state index in [1.165, 1.54) is 6.92 Å². The van der Waals surface area contributed by atoms with Crippen molar-refractivity contribution in [1.29, 1.82) is 0 Å². The monoisotopic (exact) mass is 149 g/mol. The van der Waals surface area contributed by atoms with E-state index >= 15 is 0 Å². The highest BCUT2D eigenvalue weighted by Gasteiger charge is 2.16. The molecule has 0 saturated carbocycles. The molecule has 0 amide bonds. The highest BCUT2D eigenvalue weighted by atomic mass is 32.2. The molecule has 0 aliphatic carbocycles. The lowest BCUT2D eigenvalue weighted by molar-refractivity contribution is -0.113. The summed E-state index contributed by atoms with van der Waals surface area (Å²) in [6, 6.07) is -0.736. The predicted octanol–water partition coefficient (Wildman–Crippen LogP) is -0.416. The summed E-state index contributed by atoms with van der Waals surface area (Å²) in [6.45, 7) is 1.50. The number of thioether (sulfide) groups is 1. The van der Waals surface area contributed by atoms with E-state index in [2.05, 4.69) is 0 Å². The van der Waals surface area contributed by atoms with Crippen molar-refractivity contribution in [3.05, 3.63) is 0 Å². The maximum atomic E-state index is 10.6. The Morgan fingerprint density at radius 1 is 1.78 bits per heavy atom. The van der Waals surface area contributed by atoms with Gasteiger partial charge in [0.2, 0.25) is 5.12 Å². The highest BCUT2D eigenvalue weighted by Crippen LogP contribution is 2.01. The van der Waals surface area contributed by atoms with Crippen molar-refractivity contribution in [3.63, 3.8) is 0 Å². The first kappa shape index (κ1) is 8.94. The third kappa shape index (κ3) is 2.84. The van der Waals surface area contributed by atoms with Gasteiger partial charge in [0, 0.05) is 0 Å². The Morgan fingerprint density at radius 3 is 2.33 bits per heavy atom. The van der Waals surface area contributed by atoms with Gasteiger partial charge in [0.1, 0.15) is 6.04 Å². The normalized spacial score (nSPS) is 16.9. The minimum Gasteiger partial charge on any atom is -0.391 e. The van der Waals surface area contributed by atoms with Gasteiger partial charge < -0.3 is 10.8 Å². The molecule has 0 aromatic carbocycles. The fourth-order valence-corrected chi connectivity index (χ4v) is 0.802. The Labute approximate surface area is 58.6 Å². The molecule has 0 aromatic heterocycles. The lowest BCUT2D eigenvalue weighted by Gasteiger charge is -2.10. The zero-order valence-electron chi connectivity index (χ0n) is 5.50. The quantitative estimate of drug-likeness (QED) is 0.560. The summed E-state index contributed by atoms with van der Waals surface area (Å²) in [5, 5.41) is 8.59. The van der Waals surface area contributed by atoms with Gasteiger partial charge in [-0.3, -0.25) is 4.79 Å². The molecule has 3 nitrogen and oxygen atoms in total. The summed E-state index contributed by atoms with van der Waals surface area (Å²) >= 11 is 1.04.